The summed E-state index contributed by atoms with van der Waals surface area (Å²) in [5.41, 5.74) is 1.22. The molecule has 1 rings (SSSR count). The van der Waals surface area contributed by atoms with Crippen LogP contribution in [0.2, 0.25) is 0 Å². The number of aromatic nitrogens is 1. The fourth-order valence-electron chi connectivity index (χ4n) is 1.81. The quantitative estimate of drug-likeness (QED) is 0.558. The first-order valence-corrected chi connectivity index (χ1v) is 8.06. The predicted molar refractivity (Wildman–Crippen MR) is 78.6 cm³/mol. The van der Waals surface area contributed by atoms with Gasteiger partial charge in [0, 0.05) is 11.9 Å². The molecule has 0 radical (unpaired) electrons. The lowest BCUT2D eigenvalue weighted by Crippen LogP contribution is -1.92. The Balaban J connectivity index is 1.85. The lowest BCUT2D eigenvalue weighted by atomic mass is 10.1. The maximum atomic E-state index is 4.33. The van der Waals surface area contributed by atoms with Crippen LogP contribution in [0.15, 0.2) is 24.4 Å². The lowest BCUT2D eigenvalue weighted by molar-refractivity contribution is 0.627. The molecule has 0 aromatic carbocycles. The van der Waals surface area contributed by atoms with Crippen molar-refractivity contribution >= 4 is 11.8 Å². The first kappa shape index (κ1) is 14.6. The van der Waals surface area contributed by atoms with Crippen molar-refractivity contribution in [1.29, 1.82) is 0 Å². The van der Waals surface area contributed by atoms with Gasteiger partial charge in [-0.05, 0) is 36.5 Å². The van der Waals surface area contributed by atoms with Crippen LogP contribution in [0.5, 0.6) is 0 Å². The van der Waals surface area contributed by atoms with E-state index in [4.69, 9.17) is 0 Å². The lowest BCUT2D eigenvalue weighted by Gasteiger charge is -2.02. The van der Waals surface area contributed by atoms with Gasteiger partial charge in [-0.25, -0.2) is 0 Å². The molecule has 0 saturated heterocycles. The number of aryl methyl sites for hydroxylation is 1. The zero-order valence-corrected chi connectivity index (χ0v) is 11.8. The summed E-state index contributed by atoms with van der Waals surface area (Å²) in [7, 11) is 0. The minimum atomic E-state index is 1.11. The Morgan fingerprint density at radius 3 is 2.59 bits per heavy atom. The maximum Gasteiger partial charge on any atom is 0.0411 e. The fourth-order valence-corrected chi connectivity index (χ4v) is 2.78. The molecule has 1 nitrogen and oxygen atoms in total. The molecule has 1 heterocycles. The second-order valence-electron chi connectivity index (χ2n) is 4.45. The summed E-state index contributed by atoms with van der Waals surface area (Å²) >= 11 is 2.07. The normalized spacial score (nSPS) is 10.6. The van der Waals surface area contributed by atoms with Gasteiger partial charge in [-0.3, -0.25) is 4.98 Å². The summed E-state index contributed by atoms with van der Waals surface area (Å²) in [6.07, 6.45) is 11.4. The second kappa shape index (κ2) is 10.6. The molecular formula is C15H25NS. The Morgan fingerprint density at radius 1 is 1.00 bits per heavy atom. The summed E-state index contributed by atoms with van der Waals surface area (Å²) in [6.45, 7) is 2.27. The Morgan fingerprint density at radius 2 is 1.82 bits per heavy atom. The van der Waals surface area contributed by atoms with E-state index in [0.717, 1.165) is 6.42 Å². The monoisotopic (exact) mass is 251 g/mol. The van der Waals surface area contributed by atoms with E-state index in [-0.39, 0.29) is 0 Å². The van der Waals surface area contributed by atoms with E-state index in [9.17, 15) is 0 Å². The smallest absolute Gasteiger partial charge is 0.0411 e. The van der Waals surface area contributed by atoms with Gasteiger partial charge in [0.2, 0.25) is 0 Å². The van der Waals surface area contributed by atoms with Crippen LogP contribution >= 0.6 is 11.8 Å². The Kier molecular flexibility index (Phi) is 9.11. The van der Waals surface area contributed by atoms with E-state index in [1.165, 1.54) is 55.7 Å². The van der Waals surface area contributed by atoms with Gasteiger partial charge in [-0.1, -0.05) is 45.1 Å². The average molecular weight is 251 g/mol. The van der Waals surface area contributed by atoms with Gasteiger partial charge < -0.3 is 0 Å². The van der Waals surface area contributed by atoms with Crippen LogP contribution in [-0.4, -0.2) is 16.5 Å². The van der Waals surface area contributed by atoms with Gasteiger partial charge >= 0.3 is 0 Å². The average Bonchev–Trinajstić information content (AvgIpc) is 2.38. The molecule has 1 aromatic rings. The number of nitrogens with zero attached hydrogens (tertiary/aromatic N) is 1. The van der Waals surface area contributed by atoms with E-state index in [0.29, 0.717) is 0 Å². The van der Waals surface area contributed by atoms with E-state index in [1.54, 1.807) is 0 Å². The van der Waals surface area contributed by atoms with Crippen LogP contribution in [0.1, 0.15) is 51.1 Å². The highest BCUT2D eigenvalue weighted by Crippen LogP contribution is 2.11. The summed E-state index contributed by atoms with van der Waals surface area (Å²) in [5, 5.41) is 0. The second-order valence-corrected chi connectivity index (χ2v) is 5.68. The molecule has 0 fully saturated rings. The number of rotatable bonds is 10. The highest BCUT2D eigenvalue weighted by molar-refractivity contribution is 7.99. The van der Waals surface area contributed by atoms with Crippen LogP contribution in [-0.2, 0) is 6.42 Å². The molecular weight excluding hydrogens is 226 g/mol. The number of hydrogen-bond donors (Lipinski definition) is 0. The zero-order valence-electron chi connectivity index (χ0n) is 11.0. The van der Waals surface area contributed by atoms with Crippen molar-refractivity contribution in [2.75, 3.05) is 11.5 Å². The Hall–Kier alpha value is -0.500. The third-order valence-electron chi connectivity index (χ3n) is 2.87. The summed E-state index contributed by atoms with van der Waals surface area (Å²) in [5.74, 6) is 2.53. The molecule has 0 N–H and O–H groups in total. The number of unbranched alkanes of at least 4 members (excludes halogenated alkanes) is 5. The van der Waals surface area contributed by atoms with Crippen LogP contribution < -0.4 is 0 Å². The summed E-state index contributed by atoms with van der Waals surface area (Å²) in [4.78, 5) is 4.33. The van der Waals surface area contributed by atoms with Crippen molar-refractivity contribution in [3.05, 3.63) is 30.1 Å². The molecule has 0 bridgehead atoms. The molecule has 0 spiro atoms. The molecule has 17 heavy (non-hydrogen) atoms. The van der Waals surface area contributed by atoms with Crippen molar-refractivity contribution in [1.82, 2.24) is 4.98 Å². The minimum absolute atomic E-state index is 1.11. The molecule has 2 heteroatoms. The molecule has 0 saturated carbocycles. The molecule has 0 aliphatic carbocycles. The van der Waals surface area contributed by atoms with E-state index in [2.05, 4.69) is 35.8 Å². The maximum absolute atomic E-state index is 4.33. The van der Waals surface area contributed by atoms with E-state index in [1.807, 2.05) is 12.3 Å². The molecule has 0 aliphatic rings. The van der Waals surface area contributed by atoms with Crippen molar-refractivity contribution in [3.63, 3.8) is 0 Å². The topological polar surface area (TPSA) is 12.9 Å². The van der Waals surface area contributed by atoms with Gasteiger partial charge in [0.05, 0.1) is 0 Å². The molecule has 0 aliphatic heterocycles. The van der Waals surface area contributed by atoms with Crippen molar-refractivity contribution < 1.29 is 0 Å². The van der Waals surface area contributed by atoms with Crippen molar-refractivity contribution in [2.45, 2.75) is 51.9 Å². The molecule has 1 aromatic heterocycles. The Labute approximate surface area is 110 Å². The largest absolute Gasteiger partial charge is 0.261 e. The highest BCUT2D eigenvalue weighted by atomic mass is 32.2. The zero-order chi connectivity index (χ0) is 12.2. The molecule has 0 amide bonds. The highest BCUT2D eigenvalue weighted by Gasteiger charge is 1.94. The molecule has 96 valence electrons. The molecule has 0 atom stereocenters. The number of thioether (sulfide) groups is 1. The third-order valence-corrected chi connectivity index (χ3v) is 3.94. The van der Waals surface area contributed by atoms with Gasteiger partial charge in [-0.15, -0.1) is 0 Å². The van der Waals surface area contributed by atoms with E-state index < -0.39 is 0 Å². The predicted octanol–water partition coefficient (Wildman–Crippen LogP) is 4.72. The molecule has 0 unspecified atom stereocenters. The van der Waals surface area contributed by atoms with Crippen molar-refractivity contribution in [2.24, 2.45) is 0 Å². The Bertz CT molecular complexity index is 261. The third kappa shape index (κ3) is 8.25. The van der Waals surface area contributed by atoms with Crippen LogP contribution in [0.3, 0.4) is 0 Å². The van der Waals surface area contributed by atoms with E-state index >= 15 is 0 Å². The van der Waals surface area contributed by atoms with Crippen molar-refractivity contribution in [3.8, 4) is 0 Å². The van der Waals surface area contributed by atoms with Crippen LogP contribution in [0.4, 0.5) is 0 Å². The first-order chi connectivity index (χ1) is 8.43. The van der Waals surface area contributed by atoms with Gasteiger partial charge in [0.15, 0.2) is 0 Å². The fraction of sp³-hybridized carbons (Fsp3) is 0.667. The summed E-state index contributed by atoms with van der Waals surface area (Å²) in [6, 6.07) is 6.17. The van der Waals surface area contributed by atoms with Crippen LogP contribution in [0.25, 0.3) is 0 Å². The van der Waals surface area contributed by atoms with Crippen LogP contribution in [0, 0.1) is 0 Å². The standard InChI is InChI=1S/C15H25NS/c1-2-3-4-5-6-9-13-17-14-11-15-10-7-8-12-16-15/h7-8,10,12H,2-6,9,11,13-14H2,1H3. The minimum Gasteiger partial charge on any atom is -0.261 e. The van der Waals surface area contributed by atoms with Gasteiger partial charge in [0.25, 0.3) is 0 Å². The van der Waals surface area contributed by atoms with Gasteiger partial charge in [0.1, 0.15) is 0 Å². The van der Waals surface area contributed by atoms with Gasteiger partial charge in [-0.2, -0.15) is 11.8 Å². The summed E-state index contributed by atoms with van der Waals surface area (Å²) < 4.78 is 0. The SMILES string of the molecule is CCCCCCCCSCCc1ccccn1. The number of hydrogen-bond acceptors (Lipinski definition) is 2. The number of pyridine rings is 1. The first-order valence-electron chi connectivity index (χ1n) is 6.91.